The molecule has 0 amide bonds. The van der Waals surface area contributed by atoms with Crippen LogP contribution in [0.15, 0.2) is 29.5 Å². The molecule has 1 aliphatic heterocycles. The van der Waals surface area contributed by atoms with Crippen molar-refractivity contribution in [3.05, 3.63) is 34.8 Å². The van der Waals surface area contributed by atoms with Crippen LogP contribution in [0.4, 0.5) is 5.69 Å². The van der Waals surface area contributed by atoms with Gasteiger partial charge in [-0.3, -0.25) is 4.90 Å². The van der Waals surface area contributed by atoms with Gasteiger partial charge in [-0.25, -0.2) is 0 Å². The third-order valence-corrected chi connectivity index (χ3v) is 5.96. The number of phenols is 1. The Labute approximate surface area is 224 Å². The molecule has 2 aliphatic rings. The molecule has 6 nitrogen and oxygen atoms in total. The third-order valence-electron chi connectivity index (χ3n) is 5.96. The van der Waals surface area contributed by atoms with E-state index in [4.69, 9.17) is 10.1 Å². The molecule has 1 aliphatic carbocycles. The van der Waals surface area contributed by atoms with Gasteiger partial charge in [0, 0.05) is 31.9 Å². The topological polar surface area (TPSA) is 73.9 Å². The summed E-state index contributed by atoms with van der Waals surface area (Å²) in [5.74, 6) is 0.808. The van der Waals surface area contributed by atoms with Crippen LogP contribution in [0.5, 0.6) is 11.5 Å². The molecule has 0 aromatic heterocycles. The largest absolute Gasteiger partial charge is 1.00 e. The molecule has 0 bridgehead atoms. The Morgan fingerprint density at radius 2 is 1.90 bits per heavy atom. The van der Waals surface area contributed by atoms with Gasteiger partial charge in [-0.2, -0.15) is 5.70 Å². The number of para-hydroxylation sites is 1. The second-order valence-electron chi connectivity index (χ2n) is 7.82. The molecule has 3 rings (SSSR count). The van der Waals surface area contributed by atoms with E-state index in [9.17, 15) is 5.11 Å². The zero-order valence-corrected chi connectivity index (χ0v) is 22.0. The van der Waals surface area contributed by atoms with Gasteiger partial charge in [0.1, 0.15) is 0 Å². The standard InChI is InChI=1S/C23H35N4O2.K/c1-3-29-22-12-6-11-21(23(22)28)27-16-14-26(15-17-27)13-7-10-20(25-2)18-8-4-5-9-19(18)24;/h6,11-12H,3-5,7-10,13-17H2,1-2H3,(H2-,24,25,28);/q-1;+1. The van der Waals surface area contributed by atoms with Crippen LogP contribution in [0.3, 0.4) is 0 Å². The molecular formula is C23H35KN4O2. The van der Waals surface area contributed by atoms with Crippen LogP contribution in [0.2, 0.25) is 0 Å². The SMILES string of the molecule is CCOc1cccc(N2CCN(CCC/C([N-]C)=C3\CCCCC3=N)CC2)c1O.[K+]. The summed E-state index contributed by atoms with van der Waals surface area (Å²) in [4.78, 5) is 4.73. The fraction of sp³-hybridized carbons (Fsp3) is 0.609. The predicted octanol–water partition coefficient (Wildman–Crippen LogP) is 1.55. The molecule has 30 heavy (non-hydrogen) atoms. The summed E-state index contributed by atoms with van der Waals surface area (Å²) in [7, 11) is 1.87. The summed E-state index contributed by atoms with van der Waals surface area (Å²) < 4.78 is 5.52. The molecule has 2 N–H and O–H groups in total. The third kappa shape index (κ3) is 6.71. The number of nitrogens with one attached hydrogen (secondary N) is 1. The number of benzene rings is 1. The summed E-state index contributed by atoms with van der Waals surface area (Å²) in [6, 6.07) is 5.72. The fourth-order valence-corrected chi connectivity index (χ4v) is 4.34. The number of phenolic OH excluding ortho intramolecular Hbond substituents is 1. The molecule has 160 valence electrons. The smallest absolute Gasteiger partial charge is 0.690 e. The normalized spacial score (nSPS) is 19.3. The van der Waals surface area contributed by atoms with E-state index in [-0.39, 0.29) is 57.1 Å². The van der Waals surface area contributed by atoms with Gasteiger partial charge >= 0.3 is 51.4 Å². The number of anilines is 1. The van der Waals surface area contributed by atoms with Crippen molar-refractivity contribution in [2.75, 3.05) is 51.3 Å². The van der Waals surface area contributed by atoms with Crippen LogP contribution in [-0.4, -0.2) is 62.1 Å². The van der Waals surface area contributed by atoms with Crippen LogP contribution in [0, 0.1) is 5.41 Å². The molecule has 0 atom stereocenters. The molecule has 0 spiro atoms. The quantitative estimate of drug-likeness (QED) is 0.604. The number of aromatic hydroxyl groups is 1. The van der Waals surface area contributed by atoms with E-state index in [1.54, 1.807) is 0 Å². The summed E-state index contributed by atoms with van der Waals surface area (Å²) in [5.41, 5.74) is 4.02. The molecular weight excluding hydrogens is 403 g/mol. The summed E-state index contributed by atoms with van der Waals surface area (Å²) >= 11 is 0. The van der Waals surface area contributed by atoms with Crippen molar-refractivity contribution in [2.45, 2.75) is 45.4 Å². The number of nitrogens with zero attached hydrogens (tertiary/aromatic N) is 3. The Morgan fingerprint density at radius 1 is 1.17 bits per heavy atom. The van der Waals surface area contributed by atoms with Crippen molar-refractivity contribution in [3.8, 4) is 11.5 Å². The molecule has 1 aromatic rings. The second kappa shape index (κ2) is 13.1. The van der Waals surface area contributed by atoms with Gasteiger partial charge in [-0.1, -0.05) is 6.07 Å². The Kier molecular flexibility index (Phi) is 11.2. The monoisotopic (exact) mass is 438 g/mol. The van der Waals surface area contributed by atoms with Gasteiger partial charge in [-0.05, 0) is 69.7 Å². The Hall–Kier alpha value is -0.574. The number of rotatable bonds is 8. The van der Waals surface area contributed by atoms with Gasteiger partial charge in [0.25, 0.3) is 0 Å². The average Bonchev–Trinajstić information content (AvgIpc) is 2.74. The first kappa shape index (κ1) is 25.7. The van der Waals surface area contributed by atoms with Crippen LogP contribution < -0.4 is 61.0 Å². The summed E-state index contributed by atoms with van der Waals surface area (Å²) in [6.07, 6.45) is 6.31. The maximum absolute atomic E-state index is 10.5. The van der Waals surface area contributed by atoms with Gasteiger partial charge < -0.3 is 25.5 Å². The van der Waals surface area contributed by atoms with E-state index in [0.29, 0.717) is 12.4 Å². The van der Waals surface area contributed by atoms with Crippen LogP contribution in [0.25, 0.3) is 5.32 Å². The van der Waals surface area contributed by atoms with Gasteiger partial charge in [0.05, 0.1) is 12.3 Å². The predicted molar refractivity (Wildman–Crippen MR) is 120 cm³/mol. The van der Waals surface area contributed by atoms with Crippen LogP contribution in [0.1, 0.15) is 45.4 Å². The Morgan fingerprint density at radius 3 is 2.57 bits per heavy atom. The average molecular weight is 439 g/mol. The maximum Gasteiger partial charge on any atom is 1.00 e. The minimum atomic E-state index is 0. The number of ether oxygens (including phenoxy) is 1. The van der Waals surface area contributed by atoms with E-state index >= 15 is 0 Å². The molecule has 1 saturated heterocycles. The number of piperazine rings is 1. The number of allylic oxidation sites excluding steroid dienone is 2. The van der Waals surface area contributed by atoms with E-state index in [1.807, 2.05) is 32.2 Å². The van der Waals surface area contributed by atoms with Crippen LogP contribution in [-0.2, 0) is 0 Å². The van der Waals surface area contributed by atoms with E-state index in [1.165, 1.54) is 12.0 Å². The number of hydrogen-bond donors (Lipinski definition) is 2. The van der Waals surface area contributed by atoms with E-state index in [0.717, 1.165) is 81.9 Å². The Bertz CT molecular complexity index is 730. The summed E-state index contributed by atoms with van der Waals surface area (Å²) in [5, 5.41) is 23.2. The van der Waals surface area contributed by atoms with Crippen molar-refractivity contribution < 1.29 is 61.2 Å². The molecule has 1 aromatic carbocycles. The summed E-state index contributed by atoms with van der Waals surface area (Å²) in [6.45, 7) is 7.31. The molecule has 1 heterocycles. The fourth-order valence-electron chi connectivity index (χ4n) is 4.34. The Balaban J connectivity index is 0.00000320. The second-order valence-corrected chi connectivity index (χ2v) is 7.82. The van der Waals surface area contributed by atoms with Crippen LogP contribution >= 0.6 is 0 Å². The van der Waals surface area contributed by atoms with Crippen molar-refractivity contribution >= 4 is 11.4 Å². The van der Waals surface area contributed by atoms with Gasteiger partial charge in [-0.15, -0.1) is 7.05 Å². The molecule has 0 radical (unpaired) electrons. The molecule has 0 unspecified atom stereocenters. The molecule has 2 fully saturated rings. The van der Waals surface area contributed by atoms with Crippen molar-refractivity contribution in [1.29, 1.82) is 5.41 Å². The van der Waals surface area contributed by atoms with Crippen molar-refractivity contribution in [1.82, 2.24) is 4.90 Å². The van der Waals surface area contributed by atoms with E-state index < -0.39 is 0 Å². The molecule has 7 heteroatoms. The first-order valence-corrected chi connectivity index (χ1v) is 11.0. The minimum absolute atomic E-state index is 0. The minimum Gasteiger partial charge on any atom is -0.690 e. The first-order valence-electron chi connectivity index (χ1n) is 11.0. The maximum atomic E-state index is 10.5. The van der Waals surface area contributed by atoms with Crippen molar-refractivity contribution in [3.63, 3.8) is 0 Å². The molecule has 1 saturated carbocycles. The zero-order valence-electron chi connectivity index (χ0n) is 18.9. The van der Waals surface area contributed by atoms with Gasteiger partial charge in [0.2, 0.25) is 0 Å². The zero-order chi connectivity index (χ0) is 20.6. The van der Waals surface area contributed by atoms with E-state index in [2.05, 4.69) is 15.1 Å². The first-order chi connectivity index (χ1) is 14.1. The van der Waals surface area contributed by atoms with Crippen molar-refractivity contribution in [2.24, 2.45) is 0 Å². The number of hydrogen-bond acceptors (Lipinski definition) is 5. The van der Waals surface area contributed by atoms with Gasteiger partial charge in [0.15, 0.2) is 11.5 Å².